The van der Waals surface area contributed by atoms with E-state index in [1.165, 1.54) is 26.4 Å². The Hall–Kier alpha value is -7.01. The predicted octanol–water partition coefficient (Wildman–Crippen LogP) is 5.19. The number of hydrogen-bond acceptors (Lipinski definition) is 11. The van der Waals surface area contributed by atoms with Gasteiger partial charge in [-0.3, -0.25) is 15.0 Å². The van der Waals surface area contributed by atoms with E-state index >= 15 is 0 Å². The van der Waals surface area contributed by atoms with E-state index < -0.39 is 0 Å². The molecule has 0 unspecified atom stereocenters. The number of benzene rings is 2. The van der Waals surface area contributed by atoms with Crippen molar-refractivity contribution in [3.8, 4) is 0 Å². The van der Waals surface area contributed by atoms with Crippen LogP contribution in [0.5, 0.6) is 0 Å². The molecule has 0 saturated heterocycles. The van der Waals surface area contributed by atoms with Gasteiger partial charge in [0.1, 0.15) is 12.1 Å². The number of aliphatic imine (C=N–C) groups is 2. The van der Waals surface area contributed by atoms with Gasteiger partial charge in [0.15, 0.2) is 17.5 Å². The maximum atomic E-state index is 11.4. The highest BCUT2D eigenvalue weighted by atomic mass is 35.5. The van der Waals surface area contributed by atoms with Crippen LogP contribution in [0.3, 0.4) is 0 Å². The van der Waals surface area contributed by atoms with Crippen LogP contribution in [0.4, 0.5) is 23.0 Å². The number of nitrogens with zero attached hydrogens (tertiary/aromatic N) is 7. The van der Waals surface area contributed by atoms with Gasteiger partial charge in [-0.15, -0.1) is 5.10 Å². The van der Waals surface area contributed by atoms with Crippen LogP contribution in [0.1, 0.15) is 50.4 Å². The molecule has 0 fully saturated rings. The number of aryl methyl sites for hydroxylation is 1. The summed E-state index contributed by atoms with van der Waals surface area (Å²) in [5, 5.41) is 39.9. The van der Waals surface area contributed by atoms with E-state index in [-0.39, 0.29) is 23.6 Å². The highest BCUT2D eigenvalue weighted by Crippen LogP contribution is 2.22. The lowest BCUT2D eigenvalue weighted by molar-refractivity contribution is -0.119. The van der Waals surface area contributed by atoms with Crippen molar-refractivity contribution in [2.24, 2.45) is 20.9 Å². The fourth-order valence-electron chi connectivity index (χ4n) is 5.12. The second kappa shape index (κ2) is 23.2. The normalized spacial score (nSPS) is 12.2. The Balaban J connectivity index is 1.68. The number of hydrazone groups is 1. The van der Waals surface area contributed by atoms with Gasteiger partial charge in [-0.2, -0.15) is 15.2 Å². The third-order valence-electron chi connectivity index (χ3n) is 7.83. The first-order valence-electron chi connectivity index (χ1n) is 18.4. The van der Waals surface area contributed by atoms with Crippen LogP contribution in [0.25, 0.3) is 5.57 Å². The smallest absolute Gasteiger partial charge is 0.221 e. The second-order valence-electron chi connectivity index (χ2n) is 12.7. The SMILES string of the molecule is CC(=O)NCCCNC(=N/N)/C(=C\C=C(C)\C=N/C(=N\C(=N)Nc1cccc(C)c1)c1ccnnc1NCCCNC(C)=O)c1cc(Nc2cccc(Cl)c2)ncn1. The van der Waals surface area contributed by atoms with Gasteiger partial charge in [0, 0.05) is 74.3 Å². The van der Waals surface area contributed by atoms with E-state index in [0.717, 1.165) is 11.3 Å². The zero-order chi connectivity index (χ0) is 41.7. The summed E-state index contributed by atoms with van der Waals surface area (Å²) in [6.07, 6.45) is 9.42. The molecule has 0 aliphatic carbocycles. The van der Waals surface area contributed by atoms with Crippen LogP contribution in [0.2, 0.25) is 5.02 Å². The number of carbonyl (C=O) groups excluding carboxylic acids is 2. The van der Waals surface area contributed by atoms with Gasteiger partial charge in [-0.25, -0.2) is 15.0 Å². The van der Waals surface area contributed by atoms with Gasteiger partial charge in [0.05, 0.1) is 17.5 Å². The van der Waals surface area contributed by atoms with Crippen molar-refractivity contribution in [2.75, 3.05) is 42.1 Å². The minimum absolute atomic E-state index is 0.108. The van der Waals surface area contributed by atoms with Crippen molar-refractivity contribution in [3.63, 3.8) is 0 Å². The van der Waals surface area contributed by atoms with Gasteiger partial charge in [-0.1, -0.05) is 35.9 Å². The summed E-state index contributed by atoms with van der Waals surface area (Å²) in [5.74, 6) is 7.03. The Morgan fingerprint density at radius 2 is 1.60 bits per heavy atom. The molecule has 302 valence electrons. The zero-order valence-corrected chi connectivity index (χ0v) is 33.6. The molecule has 0 saturated carbocycles. The molecule has 4 aromatic rings. The number of amides is 2. The lowest BCUT2D eigenvalue weighted by atomic mass is 10.1. The molecule has 0 atom stereocenters. The monoisotopic (exact) mass is 805 g/mol. The summed E-state index contributed by atoms with van der Waals surface area (Å²) >= 11 is 6.20. The number of nitrogens with one attached hydrogen (secondary N) is 7. The molecule has 0 aliphatic heterocycles. The molecule has 18 heteroatoms. The van der Waals surface area contributed by atoms with Crippen LogP contribution in [0, 0.1) is 12.3 Å². The van der Waals surface area contributed by atoms with Crippen molar-refractivity contribution >= 4 is 75.8 Å². The standard InChI is InChI=1S/C40H48ClN15O2/c1-26-9-5-11-31(21-26)53-40(42)54-37(34-15-20-51-56-39(34)47-19-8-17-45-29(4)58)48-24-27(2)13-14-33(38(55-43)46-18-7-16-44-28(3)57)35-23-36(50-25-49-35)52-32-12-6-10-30(41)22-32/h5-6,9-15,20-25H,7-8,16-19,43H2,1-4H3,(H2,42,53)(H,44,57)(H,45,58)(H,46,55)(H,47,56)(H,49,50,52)/b27-13+,33-14-,48-24-,54-37-. The molecular weight excluding hydrogens is 758 g/mol. The number of aromatic nitrogens is 4. The van der Waals surface area contributed by atoms with Crippen molar-refractivity contribution in [1.82, 2.24) is 36.1 Å². The molecular formula is C40H48ClN15O2. The average Bonchev–Trinajstić information content (AvgIpc) is 3.18. The Morgan fingerprint density at radius 1 is 0.879 bits per heavy atom. The molecule has 9 N–H and O–H groups in total. The molecule has 0 aliphatic rings. The number of halogens is 1. The van der Waals surface area contributed by atoms with Gasteiger partial charge in [-0.05, 0) is 80.3 Å². The second-order valence-corrected chi connectivity index (χ2v) is 13.2. The van der Waals surface area contributed by atoms with Gasteiger partial charge in [0.25, 0.3) is 0 Å². The Labute approximate surface area is 342 Å². The summed E-state index contributed by atoms with van der Waals surface area (Å²) in [6, 6.07) is 18.3. The third-order valence-corrected chi connectivity index (χ3v) is 8.06. The van der Waals surface area contributed by atoms with Crippen LogP contribution in [-0.2, 0) is 9.59 Å². The molecule has 2 aromatic carbocycles. The summed E-state index contributed by atoms with van der Waals surface area (Å²) in [5.41, 5.74) is 4.73. The molecule has 0 spiro atoms. The number of nitrogens with two attached hydrogens (primary N) is 1. The Kier molecular flexibility index (Phi) is 17.4. The van der Waals surface area contributed by atoms with E-state index in [1.54, 1.807) is 36.6 Å². The number of guanidine groups is 1. The Morgan fingerprint density at radius 3 is 2.33 bits per heavy atom. The molecule has 17 nitrogen and oxygen atoms in total. The minimum Gasteiger partial charge on any atom is -0.368 e. The molecule has 2 aromatic heterocycles. The predicted molar refractivity (Wildman–Crippen MR) is 233 cm³/mol. The summed E-state index contributed by atoms with van der Waals surface area (Å²) < 4.78 is 0. The maximum absolute atomic E-state index is 11.4. The van der Waals surface area contributed by atoms with Gasteiger partial charge in [0.2, 0.25) is 17.8 Å². The topological polar surface area (TPSA) is 245 Å². The fraction of sp³-hybridized carbons (Fsp3) is 0.250. The van der Waals surface area contributed by atoms with E-state index in [9.17, 15) is 9.59 Å². The van der Waals surface area contributed by atoms with E-state index in [4.69, 9.17) is 27.8 Å². The van der Waals surface area contributed by atoms with E-state index in [1.807, 2.05) is 56.3 Å². The van der Waals surface area contributed by atoms with Crippen LogP contribution >= 0.6 is 11.6 Å². The highest BCUT2D eigenvalue weighted by molar-refractivity contribution is 6.30. The van der Waals surface area contributed by atoms with Crippen LogP contribution < -0.4 is 37.7 Å². The van der Waals surface area contributed by atoms with E-state index in [0.29, 0.717) is 89.6 Å². The van der Waals surface area contributed by atoms with Crippen LogP contribution in [0.15, 0.2) is 106 Å². The first-order valence-corrected chi connectivity index (χ1v) is 18.7. The van der Waals surface area contributed by atoms with Crippen LogP contribution in [-0.4, -0.2) is 82.0 Å². The first-order chi connectivity index (χ1) is 28.0. The molecule has 58 heavy (non-hydrogen) atoms. The number of amidine groups is 2. The molecule has 0 radical (unpaired) electrons. The lowest BCUT2D eigenvalue weighted by Gasteiger charge is -2.13. The maximum Gasteiger partial charge on any atom is 0.221 e. The quantitative estimate of drug-likeness (QED) is 0.0172. The van der Waals surface area contributed by atoms with E-state index in [2.05, 4.69) is 62.2 Å². The number of allylic oxidation sites excluding steroid dienone is 3. The molecule has 0 bridgehead atoms. The largest absolute Gasteiger partial charge is 0.368 e. The lowest BCUT2D eigenvalue weighted by Crippen LogP contribution is -2.30. The van der Waals surface area contributed by atoms with Crippen molar-refractivity contribution in [2.45, 2.75) is 40.5 Å². The average molecular weight is 806 g/mol. The molecule has 2 heterocycles. The van der Waals surface area contributed by atoms with Gasteiger partial charge < -0.3 is 37.7 Å². The van der Waals surface area contributed by atoms with Crippen molar-refractivity contribution in [1.29, 1.82) is 5.41 Å². The minimum atomic E-state index is -0.144. The highest BCUT2D eigenvalue weighted by Gasteiger charge is 2.14. The zero-order valence-electron chi connectivity index (χ0n) is 32.8. The van der Waals surface area contributed by atoms with Gasteiger partial charge >= 0.3 is 0 Å². The number of rotatable bonds is 17. The Bertz CT molecular complexity index is 2200. The third kappa shape index (κ3) is 15.3. The number of hydrogen-bond donors (Lipinski definition) is 8. The van der Waals surface area contributed by atoms with Crippen molar-refractivity contribution < 1.29 is 9.59 Å². The molecule has 4 rings (SSSR count). The number of anilines is 4. The summed E-state index contributed by atoms with van der Waals surface area (Å²) in [6.45, 7) is 8.65. The summed E-state index contributed by atoms with van der Waals surface area (Å²) in [7, 11) is 0. The first kappa shape index (κ1) is 43.7. The molecule has 2 amide bonds. The summed E-state index contributed by atoms with van der Waals surface area (Å²) in [4.78, 5) is 40.8. The number of carbonyl (C=O) groups is 2. The van der Waals surface area contributed by atoms with Crippen molar-refractivity contribution in [3.05, 3.63) is 113 Å². The fourth-order valence-corrected chi connectivity index (χ4v) is 5.31.